The summed E-state index contributed by atoms with van der Waals surface area (Å²) in [4.78, 5) is 41.7. The van der Waals surface area contributed by atoms with Gasteiger partial charge in [0.2, 0.25) is 0 Å². The highest BCUT2D eigenvalue weighted by Crippen LogP contribution is 2.12. The van der Waals surface area contributed by atoms with Gasteiger partial charge in [-0.05, 0) is 0 Å². The van der Waals surface area contributed by atoms with Gasteiger partial charge in [-0.15, -0.1) is 5.06 Å². The lowest BCUT2D eigenvalue weighted by Gasteiger charge is -2.23. The van der Waals surface area contributed by atoms with E-state index in [4.69, 9.17) is 4.84 Å². The molecule has 9 nitrogen and oxygen atoms in total. The van der Waals surface area contributed by atoms with Crippen LogP contribution >= 0.6 is 0 Å². The fourth-order valence-electron chi connectivity index (χ4n) is 2.44. The summed E-state index contributed by atoms with van der Waals surface area (Å²) in [6.45, 7) is 6.51. The Kier molecular flexibility index (Phi) is 7.40. The second kappa shape index (κ2) is 9.56. The van der Waals surface area contributed by atoms with Crippen molar-refractivity contribution in [3.05, 3.63) is 0 Å². The van der Waals surface area contributed by atoms with E-state index in [1.165, 1.54) is 0 Å². The van der Waals surface area contributed by atoms with Crippen molar-refractivity contribution >= 4 is 17.8 Å². The topological polar surface area (TPSA) is 103 Å². The minimum absolute atomic E-state index is 0.0542. The Morgan fingerprint density at radius 3 is 1.87 bits per heavy atom. The van der Waals surface area contributed by atoms with Crippen LogP contribution in [0.15, 0.2) is 0 Å². The van der Waals surface area contributed by atoms with Gasteiger partial charge in [-0.1, -0.05) is 0 Å². The van der Waals surface area contributed by atoms with Crippen LogP contribution in [0.3, 0.4) is 0 Å². The summed E-state index contributed by atoms with van der Waals surface area (Å²) in [5.41, 5.74) is 0. The van der Waals surface area contributed by atoms with Crippen LogP contribution in [0.2, 0.25) is 0 Å². The number of nitrogens with zero attached hydrogens (tertiary/aromatic N) is 2. The first kappa shape index (κ1) is 17.8. The molecule has 2 amide bonds. The smallest absolute Gasteiger partial charge is 0.329 e. The molecule has 0 aromatic carbocycles. The average Bonchev–Trinajstić information content (AvgIpc) is 2.82. The van der Waals surface area contributed by atoms with E-state index < -0.39 is 17.8 Å². The molecule has 2 fully saturated rings. The molecule has 2 aliphatic heterocycles. The molecule has 0 aromatic rings. The fraction of sp³-hybridized carbons (Fsp3) is 0.786. The van der Waals surface area contributed by atoms with Crippen molar-refractivity contribution in [2.75, 3.05) is 58.9 Å². The first-order valence-corrected chi connectivity index (χ1v) is 8.08. The van der Waals surface area contributed by atoms with E-state index >= 15 is 0 Å². The Hall–Kier alpha value is -1.55. The second-order valence-corrected chi connectivity index (χ2v) is 5.57. The van der Waals surface area contributed by atoms with Gasteiger partial charge >= 0.3 is 5.97 Å². The molecule has 2 aliphatic rings. The van der Waals surface area contributed by atoms with E-state index in [0.29, 0.717) is 18.2 Å². The van der Waals surface area contributed by atoms with E-state index in [9.17, 15) is 14.4 Å². The highest BCUT2D eigenvalue weighted by atomic mass is 16.7. The normalized spacial score (nSPS) is 22.5. The van der Waals surface area contributed by atoms with Crippen LogP contribution in [0.1, 0.15) is 12.8 Å². The van der Waals surface area contributed by atoms with E-state index in [1.807, 2.05) is 4.90 Å². The van der Waals surface area contributed by atoms with Crippen LogP contribution in [0.5, 0.6) is 0 Å². The lowest BCUT2D eigenvalue weighted by Crippen LogP contribution is -2.44. The summed E-state index contributed by atoms with van der Waals surface area (Å²) in [7, 11) is 0. The molecule has 130 valence electrons. The van der Waals surface area contributed by atoms with Crippen molar-refractivity contribution in [3.8, 4) is 0 Å². The Balaban J connectivity index is 1.78. The lowest BCUT2D eigenvalue weighted by atomic mass is 10.4. The summed E-state index contributed by atoms with van der Waals surface area (Å²) in [6.07, 6.45) is 0.218. The number of amides is 2. The van der Waals surface area contributed by atoms with Crippen LogP contribution in [0.25, 0.3) is 0 Å². The van der Waals surface area contributed by atoms with Gasteiger partial charge in [-0.3, -0.25) is 14.5 Å². The first-order valence-electron chi connectivity index (χ1n) is 8.08. The zero-order chi connectivity index (χ0) is 16.5. The first-order chi connectivity index (χ1) is 11.2. The maximum atomic E-state index is 12.0. The minimum Gasteiger partial charge on any atom is -0.329 e. The molecule has 2 heterocycles. The zero-order valence-corrected chi connectivity index (χ0v) is 13.3. The second-order valence-electron chi connectivity index (χ2n) is 5.57. The molecular formula is C14H25N5O4. The highest BCUT2D eigenvalue weighted by molar-refractivity contribution is 6.01. The van der Waals surface area contributed by atoms with Crippen LogP contribution in [0, 0.1) is 0 Å². The summed E-state index contributed by atoms with van der Waals surface area (Å²) >= 11 is 0. The number of hydroxylamine groups is 2. The van der Waals surface area contributed by atoms with Crippen molar-refractivity contribution in [3.63, 3.8) is 0 Å². The third-order valence-electron chi connectivity index (χ3n) is 3.72. The number of imide groups is 1. The van der Waals surface area contributed by atoms with E-state index in [1.54, 1.807) is 0 Å². The van der Waals surface area contributed by atoms with Crippen molar-refractivity contribution in [1.29, 1.82) is 0 Å². The predicted molar refractivity (Wildman–Crippen MR) is 82.2 cm³/mol. The molecule has 0 atom stereocenters. The Bertz CT molecular complexity index is 403. The molecule has 0 bridgehead atoms. The molecule has 0 spiro atoms. The van der Waals surface area contributed by atoms with Gasteiger partial charge < -0.3 is 20.8 Å². The monoisotopic (exact) mass is 327 g/mol. The zero-order valence-electron chi connectivity index (χ0n) is 13.3. The fourth-order valence-corrected chi connectivity index (χ4v) is 2.44. The molecule has 3 N–H and O–H groups in total. The van der Waals surface area contributed by atoms with Gasteiger partial charge in [-0.2, -0.15) is 0 Å². The third kappa shape index (κ3) is 6.22. The van der Waals surface area contributed by atoms with Crippen LogP contribution in [0.4, 0.5) is 0 Å². The van der Waals surface area contributed by atoms with Crippen LogP contribution < -0.4 is 16.0 Å². The van der Waals surface area contributed by atoms with Crippen molar-refractivity contribution in [2.45, 2.75) is 12.8 Å². The maximum Gasteiger partial charge on any atom is 0.347 e. The largest absolute Gasteiger partial charge is 0.347 e. The predicted octanol–water partition coefficient (Wildman–Crippen LogP) is -2.32. The number of hydrogen-bond acceptors (Lipinski definition) is 8. The Morgan fingerprint density at radius 1 is 0.870 bits per heavy atom. The molecular weight excluding hydrogens is 302 g/mol. The molecule has 23 heavy (non-hydrogen) atoms. The van der Waals surface area contributed by atoms with Gasteiger partial charge in [-0.25, -0.2) is 4.79 Å². The molecule has 9 heteroatoms. The molecule has 2 saturated heterocycles. The number of carbonyl (C=O) groups excluding carboxylic acids is 3. The minimum atomic E-state index is -0.581. The maximum absolute atomic E-state index is 12.0. The summed E-state index contributed by atoms with van der Waals surface area (Å²) in [6, 6.07) is 0. The van der Waals surface area contributed by atoms with Crippen molar-refractivity contribution in [2.24, 2.45) is 0 Å². The van der Waals surface area contributed by atoms with Gasteiger partial charge in [0.25, 0.3) is 11.8 Å². The van der Waals surface area contributed by atoms with Gasteiger partial charge in [0.05, 0.1) is 6.54 Å². The van der Waals surface area contributed by atoms with Crippen molar-refractivity contribution in [1.82, 2.24) is 25.9 Å². The molecule has 0 saturated carbocycles. The van der Waals surface area contributed by atoms with E-state index in [0.717, 1.165) is 39.3 Å². The van der Waals surface area contributed by atoms with Crippen molar-refractivity contribution < 1.29 is 19.2 Å². The number of nitrogens with one attached hydrogen (secondary N) is 3. The SMILES string of the molecule is O=C(CN1CCNCCNCCNCC1)ON1C(=O)CCC1=O. The van der Waals surface area contributed by atoms with Crippen LogP contribution in [-0.4, -0.2) is 86.6 Å². The molecule has 0 aromatic heterocycles. The Labute approximate surface area is 135 Å². The van der Waals surface area contributed by atoms with Gasteiger partial charge in [0, 0.05) is 65.2 Å². The lowest BCUT2D eigenvalue weighted by molar-refractivity contribution is -0.198. The Morgan fingerprint density at radius 2 is 1.35 bits per heavy atom. The van der Waals surface area contributed by atoms with Gasteiger partial charge in [0.15, 0.2) is 0 Å². The van der Waals surface area contributed by atoms with Crippen LogP contribution in [-0.2, 0) is 19.2 Å². The summed E-state index contributed by atoms with van der Waals surface area (Å²) in [5, 5.41) is 10.5. The molecule has 0 aliphatic carbocycles. The number of hydrogen-bond donors (Lipinski definition) is 3. The van der Waals surface area contributed by atoms with E-state index in [2.05, 4.69) is 16.0 Å². The summed E-state index contributed by atoms with van der Waals surface area (Å²) < 4.78 is 0. The van der Waals surface area contributed by atoms with E-state index in [-0.39, 0.29) is 19.4 Å². The third-order valence-corrected chi connectivity index (χ3v) is 3.72. The summed E-state index contributed by atoms with van der Waals surface area (Å²) in [5.74, 6) is -1.48. The number of rotatable bonds is 3. The van der Waals surface area contributed by atoms with Gasteiger partial charge in [0.1, 0.15) is 0 Å². The molecule has 0 unspecified atom stereocenters. The highest BCUT2D eigenvalue weighted by Gasteiger charge is 2.33. The molecule has 0 radical (unpaired) electrons. The standard InChI is InChI=1S/C14H25N5O4/c20-12-1-2-13(21)19(12)23-14(22)11-18-9-7-16-5-3-15-4-6-17-8-10-18/h15-17H,1-11H2. The molecule has 2 rings (SSSR count). The number of carbonyl (C=O) groups is 3. The average molecular weight is 327 g/mol. The quantitative estimate of drug-likeness (QED) is 0.497.